The minimum atomic E-state index is -0.332. The van der Waals surface area contributed by atoms with Gasteiger partial charge in [0, 0.05) is 17.9 Å². The molecule has 1 heterocycles. The lowest BCUT2D eigenvalue weighted by molar-refractivity contribution is -0.110. The van der Waals surface area contributed by atoms with E-state index >= 15 is 0 Å². The molecule has 1 N–H and O–H groups in total. The first-order valence-electron chi connectivity index (χ1n) is 6.37. The largest absolute Gasteiger partial charge is 0.508 e. The van der Waals surface area contributed by atoms with Crippen LogP contribution in [-0.4, -0.2) is 11.4 Å². The average Bonchev–Trinajstić information content (AvgIpc) is 2.47. The van der Waals surface area contributed by atoms with Crippen molar-refractivity contribution in [3.05, 3.63) is 59.4 Å². The minimum absolute atomic E-state index is 0.111. The lowest BCUT2D eigenvalue weighted by Crippen LogP contribution is -2.19. The number of carbonyl (C=O) groups excluding carboxylic acids is 1. The zero-order chi connectivity index (χ0) is 14.1. The summed E-state index contributed by atoms with van der Waals surface area (Å²) in [5.41, 5.74) is 1.52. The maximum Gasteiger partial charge on any atom is 0.127 e. The SMILES string of the molecule is O=CC1CC(c2ccc(F)cc2)Oc2ccc(O)cc21. The molecular weight excluding hydrogens is 259 g/mol. The van der Waals surface area contributed by atoms with Gasteiger partial charge in [0.25, 0.3) is 0 Å². The summed E-state index contributed by atoms with van der Waals surface area (Å²) in [7, 11) is 0. The molecular formula is C16H13FO3. The Hall–Kier alpha value is -2.36. The lowest BCUT2D eigenvalue weighted by Gasteiger charge is -2.30. The van der Waals surface area contributed by atoms with Crippen molar-refractivity contribution in [3.8, 4) is 11.5 Å². The number of fused-ring (bicyclic) bond motifs is 1. The monoisotopic (exact) mass is 272 g/mol. The second-order valence-electron chi connectivity index (χ2n) is 4.86. The Balaban J connectivity index is 1.96. The molecule has 0 spiro atoms. The summed E-state index contributed by atoms with van der Waals surface area (Å²) in [5.74, 6) is 0.0580. The van der Waals surface area contributed by atoms with Gasteiger partial charge < -0.3 is 14.6 Å². The van der Waals surface area contributed by atoms with Crippen LogP contribution in [0.1, 0.15) is 29.6 Å². The van der Waals surface area contributed by atoms with Gasteiger partial charge in [-0.05, 0) is 35.9 Å². The zero-order valence-electron chi connectivity index (χ0n) is 10.6. The highest BCUT2D eigenvalue weighted by atomic mass is 19.1. The fourth-order valence-corrected chi connectivity index (χ4v) is 2.50. The third-order valence-corrected chi connectivity index (χ3v) is 3.54. The minimum Gasteiger partial charge on any atom is -0.508 e. The summed E-state index contributed by atoms with van der Waals surface area (Å²) in [4.78, 5) is 11.3. The number of hydrogen-bond acceptors (Lipinski definition) is 3. The van der Waals surface area contributed by atoms with E-state index in [-0.39, 0.29) is 23.6 Å². The van der Waals surface area contributed by atoms with E-state index in [2.05, 4.69) is 0 Å². The summed E-state index contributed by atoms with van der Waals surface area (Å²) < 4.78 is 18.8. The van der Waals surface area contributed by atoms with Gasteiger partial charge in [-0.25, -0.2) is 4.39 Å². The Morgan fingerprint density at radius 3 is 2.65 bits per heavy atom. The highest BCUT2D eigenvalue weighted by Crippen LogP contribution is 2.42. The van der Waals surface area contributed by atoms with Gasteiger partial charge in [0.05, 0.1) is 0 Å². The van der Waals surface area contributed by atoms with Gasteiger partial charge >= 0.3 is 0 Å². The number of aldehydes is 1. The lowest BCUT2D eigenvalue weighted by atomic mass is 9.88. The van der Waals surface area contributed by atoms with Gasteiger partial charge in [0.1, 0.15) is 29.7 Å². The van der Waals surface area contributed by atoms with Crippen LogP contribution >= 0.6 is 0 Å². The summed E-state index contributed by atoms with van der Waals surface area (Å²) in [5, 5.41) is 9.50. The van der Waals surface area contributed by atoms with Crippen molar-refractivity contribution in [3.63, 3.8) is 0 Å². The van der Waals surface area contributed by atoms with Crippen LogP contribution in [0.3, 0.4) is 0 Å². The first kappa shape index (κ1) is 12.7. The standard InChI is InChI=1S/C16H13FO3/c17-12-3-1-10(2-4-12)16-7-11(9-18)14-8-13(19)5-6-15(14)20-16/h1-6,8-9,11,16,19H,7H2. The quantitative estimate of drug-likeness (QED) is 0.853. The van der Waals surface area contributed by atoms with Crippen molar-refractivity contribution in [1.82, 2.24) is 0 Å². The maximum atomic E-state index is 13.0. The normalized spacial score (nSPS) is 20.9. The fraction of sp³-hybridized carbons (Fsp3) is 0.188. The second kappa shape index (κ2) is 4.96. The number of phenolic OH excluding ortho intramolecular Hbond substituents is 1. The van der Waals surface area contributed by atoms with Crippen LogP contribution in [-0.2, 0) is 4.79 Å². The van der Waals surface area contributed by atoms with Crippen LogP contribution < -0.4 is 4.74 Å². The molecule has 2 aromatic rings. The van der Waals surface area contributed by atoms with E-state index < -0.39 is 0 Å². The number of halogens is 1. The van der Waals surface area contributed by atoms with Crippen molar-refractivity contribution in [2.24, 2.45) is 0 Å². The Morgan fingerprint density at radius 1 is 1.20 bits per heavy atom. The molecule has 0 saturated heterocycles. The molecule has 20 heavy (non-hydrogen) atoms. The van der Waals surface area contributed by atoms with Crippen molar-refractivity contribution in [2.75, 3.05) is 0 Å². The van der Waals surface area contributed by atoms with E-state index in [4.69, 9.17) is 4.74 Å². The van der Waals surface area contributed by atoms with Gasteiger partial charge in [-0.3, -0.25) is 0 Å². The molecule has 0 bridgehead atoms. The molecule has 3 nitrogen and oxygen atoms in total. The molecule has 1 aliphatic heterocycles. The van der Waals surface area contributed by atoms with E-state index in [9.17, 15) is 14.3 Å². The van der Waals surface area contributed by atoms with Crippen LogP contribution in [0.25, 0.3) is 0 Å². The smallest absolute Gasteiger partial charge is 0.127 e. The highest BCUT2D eigenvalue weighted by molar-refractivity contribution is 5.66. The molecule has 0 saturated carbocycles. The molecule has 2 atom stereocenters. The van der Waals surface area contributed by atoms with Crippen LogP contribution in [0, 0.1) is 5.82 Å². The third-order valence-electron chi connectivity index (χ3n) is 3.54. The molecule has 102 valence electrons. The highest BCUT2D eigenvalue weighted by Gasteiger charge is 2.29. The molecule has 0 fully saturated rings. The number of carbonyl (C=O) groups is 1. The summed E-state index contributed by atoms with van der Waals surface area (Å²) in [6.07, 6.45) is 1.05. The third kappa shape index (κ3) is 2.25. The molecule has 0 radical (unpaired) electrons. The van der Waals surface area contributed by atoms with Crippen molar-refractivity contribution in [2.45, 2.75) is 18.4 Å². The molecule has 2 unspecified atom stereocenters. The van der Waals surface area contributed by atoms with E-state index in [0.717, 1.165) is 11.8 Å². The summed E-state index contributed by atoms with van der Waals surface area (Å²) in [6.45, 7) is 0. The predicted molar refractivity (Wildman–Crippen MR) is 71.3 cm³/mol. The number of phenols is 1. The number of aromatic hydroxyl groups is 1. The van der Waals surface area contributed by atoms with E-state index in [0.29, 0.717) is 17.7 Å². The molecule has 4 heteroatoms. The molecule has 2 aromatic carbocycles. The van der Waals surface area contributed by atoms with E-state index in [1.807, 2.05) is 0 Å². The zero-order valence-corrected chi connectivity index (χ0v) is 10.6. The van der Waals surface area contributed by atoms with Gasteiger partial charge in [-0.15, -0.1) is 0 Å². The predicted octanol–water partition coefficient (Wildman–Crippen LogP) is 3.34. The molecule has 3 rings (SSSR count). The Kier molecular flexibility index (Phi) is 3.14. The van der Waals surface area contributed by atoms with Gasteiger partial charge in [-0.1, -0.05) is 12.1 Å². The summed E-state index contributed by atoms with van der Waals surface area (Å²) in [6, 6.07) is 10.8. The Bertz CT molecular complexity index is 637. The van der Waals surface area contributed by atoms with Crippen LogP contribution in [0.4, 0.5) is 4.39 Å². The molecule has 0 aromatic heterocycles. The first-order valence-corrected chi connectivity index (χ1v) is 6.37. The number of hydrogen-bond donors (Lipinski definition) is 1. The van der Waals surface area contributed by atoms with Gasteiger partial charge in [0.2, 0.25) is 0 Å². The second-order valence-corrected chi connectivity index (χ2v) is 4.86. The molecule has 0 aliphatic carbocycles. The van der Waals surface area contributed by atoms with Crippen molar-refractivity contribution < 1.29 is 19.0 Å². The van der Waals surface area contributed by atoms with E-state index in [1.165, 1.54) is 18.2 Å². The fourth-order valence-electron chi connectivity index (χ4n) is 2.50. The van der Waals surface area contributed by atoms with E-state index in [1.54, 1.807) is 24.3 Å². The van der Waals surface area contributed by atoms with Gasteiger partial charge in [0.15, 0.2) is 0 Å². The first-order chi connectivity index (χ1) is 9.67. The Labute approximate surface area is 115 Å². The number of rotatable bonds is 2. The number of ether oxygens (including phenoxy) is 1. The van der Waals surface area contributed by atoms with Crippen LogP contribution in [0.15, 0.2) is 42.5 Å². The van der Waals surface area contributed by atoms with Crippen LogP contribution in [0.5, 0.6) is 11.5 Å². The molecule has 0 amide bonds. The van der Waals surface area contributed by atoms with Crippen LogP contribution in [0.2, 0.25) is 0 Å². The summed E-state index contributed by atoms with van der Waals surface area (Å²) >= 11 is 0. The van der Waals surface area contributed by atoms with Gasteiger partial charge in [-0.2, -0.15) is 0 Å². The molecule has 1 aliphatic rings. The van der Waals surface area contributed by atoms with Crippen molar-refractivity contribution in [1.29, 1.82) is 0 Å². The maximum absolute atomic E-state index is 13.0. The average molecular weight is 272 g/mol. The van der Waals surface area contributed by atoms with Crippen molar-refractivity contribution >= 4 is 6.29 Å². The number of benzene rings is 2. The Morgan fingerprint density at radius 2 is 1.95 bits per heavy atom. The topological polar surface area (TPSA) is 46.5 Å².